The molecule has 3 rings (SSSR count). The molecule has 0 aliphatic carbocycles. The van der Waals surface area contributed by atoms with Crippen LogP contribution in [0, 0.1) is 0 Å². The van der Waals surface area contributed by atoms with E-state index in [9.17, 15) is 4.79 Å². The fraction of sp³-hybridized carbons (Fsp3) is 0.500. The van der Waals surface area contributed by atoms with Crippen LogP contribution in [0.5, 0.6) is 0 Å². The predicted molar refractivity (Wildman–Crippen MR) is 73.8 cm³/mol. The SMILES string of the molecule is C[C@H]1CNCCN1C(=O)C1Cc2ccccc2S1. The number of piperazine rings is 1. The van der Waals surface area contributed by atoms with Gasteiger partial charge in [-0.3, -0.25) is 4.79 Å². The smallest absolute Gasteiger partial charge is 0.236 e. The Kier molecular flexibility index (Phi) is 3.31. The summed E-state index contributed by atoms with van der Waals surface area (Å²) >= 11 is 1.73. The first-order valence-electron chi connectivity index (χ1n) is 6.51. The fourth-order valence-corrected chi connectivity index (χ4v) is 3.94. The Hall–Kier alpha value is -1.00. The van der Waals surface area contributed by atoms with E-state index in [4.69, 9.17) is 0 Å². The molecule has 0 saturated carbocycles. The third kappa shape index (κ3) is 2.15. The van der Waals surface area contributed by atoms with E-state index < -0.39 is 0 Å². The van der Waals surface area contributed by atoms with Crippen LogP contribution in [0.25, 0.3) is 0 Å². The van der Waals surface area contributed by atoms with Crippen LogP contribution in [0.15, 0.2) is 29.2 Å². The van der Waals surface area contributed by atoms with Gasteiger partial charge in [-0.25, -0.2) is 0 Å². The molecule has 18 heavy (non-hydrogen) atoms. The van der Waals surface area contributed by atoms with Crippen LogP contribution >= 0.6 is 11.8 Å². The van der Waals surface area contributed by atoms with Crippen LogP contribution in [0.1, 0.15) is 12.5 Å². The van der Waals surface area contributed by atoms with Gasteiger partial charge < -0.3 is 10.2 Å². The van der Waals surface area contributed by atoms with Gasteiger partial charge in [-0.1, -0.05) is 18.2 Å². The Bertz CT molecular complexity index is 438. The highest BCUT2D eigenvalue weighted by atomic mass is 32.2. The van der Waals surface area contributed by atoms with Gasteiger partial charge in [0.25, 0.3) is 0 Å². The molecule has 3 nitrogen and oxygen atoms in total. The molecule has 0 spiro atoms. The highest BCUT2D eigenvalue weighted by molar-refractivity contribution is 8.01. The summed E-state index contributed by atoms with van der Waals surface area (Å²) in [6.45, 7) is 4.79. The first kappa shape index (κ1) is 12.1. The molecule has 0 bridgehead atoms. The fourth-order valence-electron chi connectivity index (χ4n) is 2.67. The zero-order chi connectivity index (χ0) is 12.5. The van der Waals surface area contributed by atoms with Crippen molar-refractivity contribution in [2.24, 2.45) is 0 Å². The van der Waals surface area contributed by atoms with Gasteiger partial charge in [0.1, 0.15) is 0 Å². The summed E-state index contributed by atoms with van der Waals surface area (Å²) in [5.41, 5.74) is 1.32. The molecule has 1 aromatic carbocycles. The molecular weight excluding hydrogens is 244 g/mol. The van der Waals surface area contributed by atoms with Crippen LogP contribution in [0.2, 0.25) is 0 Å². The van der Waals surface area contributed by atoms with Gasteiger partial charge >= 0.3 is 0 Å². The Balaban J connectivity index is 1.72. The highest BCUT2D eigenvalue weighted by Gasteiger charge is 2.33. The lowest BCUT2D eigenvalue weighted by Crippen LogP contribution is -2.54. The molecule has 1 N–H and O–H groups in total. The van der Waals surface area contributed by atoms with E-state index in [0.717, 1.165) is 26.1 Å². The minimum absolute atomic E-state index is 0.0861. The van der Waals surface area contributed by atoms with E-state index in [1.807, 2.05) is 11.0 Å². The van der Waals surface area contributed by atoms with Crippen molar-refractivity contribution in [2.75, 3.05) is 19.6 Å². The summed E-state index contributed by atoms with van der Waals surface area (Å²) in [4.78, 5) is 15.9. The van der Waals surface area contributed by atoms with Crippen LogP contribution in [0.4, 0.5) is 0 Å². The first-order chi connectivity index (χ1) is 8.75. The average molecular weight is 262 g/mol. The Morgan fingerprint density at radius 1 is 1.44 bits per heavy atom. The number of nitrogens with zero attached hydrogens (tertiary/aromatic N) is 1. The number of carbonyl (C=O) groups excluding carboxylic acids is 1. The molecule has 1 amide bonds. The minimum Gasteiger partial charge on any atom is -0.336 e. The standard InChI is InChI=1S/C14H18N2OS/c1-10-9-15-6-7-16(10)14(17)13-8-11-4-2-3-5-12(11)18-13/h2-5,10,13,15H,6-9H2,1H3/t10-,13?/m0/s1. The lowest BCUT2D eigenvalue weighted by molar-refractivity contribution is -0.133. The van der Waals surface area contributed by atoms with Crippen LogP contribution < -0.4 is 5.32 Å². The Morgan fingerprint density at radius 3 is 3.06 bits per heavy atom. The zero-order valence-electron chi connectivity index (χ0n) is 10.6. The lowest BCUT2D eigenvalue weighted by Gasteiger charge is -2.35. The lowest BCUT2D eigenvalue weighted by atomic mass is 10.1. The van der Waals surface area contributed by atoms with Crippen molar-refractivity contribution in [3.05, 3.63) is 29.8 Å². The summed E-state index contributed by atoms with van der Waals surface area (Å²) in [5.74, 6) is 0.310. The second-order valence-corrected chi connectivity index (χ2v) is 6.25. The summed E-state index contributed by atoms with van der Waals surface area (Å²) in [6, 6.07) is 8.67. The number of hydrogen-bond donors (Lipinski definition) is 1. The normalized spacial score (nSPS) is 27.1. The van der Waals surface area contributed by atoms with Gasteiger partial charge in [0.15, 0.2) is 0 Å². The average Bonchev–Trinajstić information content (AvgIpc) is 2.82. The van der Waals surface area contributed by atoms with Crippen LogP contribution in [-0.2, 0) is 11.2 Å². The van der Waals surface area contributed by atoms with Gasteiger partial charge in [-0.05, 0) is 25.0 Å². The van der Waals surface area contributed by atoms with Crippen molar-refractivity contribution in [3.8, 4) is 0 Å². The monoisotopic (exact) mass is 262 g/mol. The maximum atomic E-state index is 12.6. The van der Waals surface area contributed by atoms with Crippen molar-refractivity contribution in [1.29, 1.82) is 0 Å². The quantitative estimate of drug-likeness (QED) is 0.833. The van der Waals surface area contributed by atoms with Gasteiger partial charge in [-0.15, -0.1) is 11.8 Å². The van der Waals surface area contributed by atoms with Gasteiger partial charge in [0.05, 0.1) is 5.25 Å². The molecule has 2 aliphatic rings. The summed E-state index contributed by atoms with van der Waals surface area (Å²) < 4.78 is 0. The molecule has 0 radical (unpaired) electrons. The molecule has 1 unspecified atom stereocenters. The maximum Gasteiger partial charge on any atom is 0.236 e. The summed E-state index contributed by atoms with van der Waals surface area (Å²) in [5, 5.41) is 3.41. The second-order valence-electron chi connectivity index (χ2n) is 5.00. The van der Waals surface area contributed by atoms with E-state index in [0.29, 0.717) is 11.9 Å². The number of benzene rings is 1. The van der Waals surface area contributed by atoms with Crippen LogP contribution in [-0.4, -0.2) is 41.7 Å². The van der Waals surface area contributed by atoms with E-state index in [1.165, 1.54) is 10.5 Å². The first-order valence-corrected chi connectivity index (χ1v) is 7.39. The number of carbonyl (C=O) groups is 1. The number of hydrogen-bond acceptors (Lipinski definition) is 3. The maximum absolute atomic E-state index is 12.6. The van der Waals surface area contributed by atoms with Crippen LogP contribution in [0.3, 0.4) is 0 Å². The van der Waals surface area contributed by atoms with Crippen molar-refractivity contribution in [3.63, 3.8) is 0 Å². The van der Waals surface area contributed by atoms with Gasteiger partial charge in [0, 0.05) is 30.6 Å². The molecule has 2 atom stereocenters. The molecule has 0 aromatic heterocycles. The van der Waals surface area contributed by atoms with Crippen molar-refractivity contribution in [2.45, 2.75) is 29.5 Å². The number of thioether (sulfide) groups is 1. The summed E-state index contributed by atoms with van der Waals surface area (Å²) in [7, 11) is 0. The van der Waals surface area contributed by atoms with E-state index in [1.54, 1.807) is 11.8 Å². The van der Waals surface area contributed by atoms with Gasteiger partial charge in [-0.2, -0.15) is 0 Å². The number of nitrogens with one attached hydrogen (secondary N) is 1. The predicted octanol–water partition coefficient (Wildman–Crippen LogP) is 1.52. The highest BCUT2D eigenvalue weighted by Crippen LogP contribution is 2.37. The molecule has 1 fully saturated rings. The van der Waals surface area contributed by atoms with E-state index >= 15 is 0 Å². The van der Waals surface area contributed by atoms with E-state index in [2.05, 4.69) is 30.4 Å². The molecular formula is C14H18N2OS. The van der Waals surface area contributed by atoms with Crippen molar-refractivity contribution in [1.82, 2.24) is 10.2 Å². The Labute approximate surface area is 112 Å². The minimum atomic E-state index is 0.0861. The molecule has 1 saturated heterocycles. The van der Waals surface area contributed by atoms with Crippen molar-refractivity contribution >= 4 is 17.7 Å². The van der Waals surface area contributed by atoms with Gasteiger partial charge in [0.2, 0.25) is 5.91 Å². The second kappa shape index (κ2) is 4.94. The molecule has 96 valence electrons. The number of fused-ring (bicyclic) bond motifs is 1. The largest absolute Gasteiger partial charge is 0.336 e. The molecule has 1 aromatic rings. The zero-order valence-corrected chi connectivity index (χ0v) is 11.4. The van der Waals surface area contributed by atoms with Crippen molar-refractivity contribution < 1.29 is 4.79 Å². The third-order valence-electron chi connectivity index (χ3n) is 3.71. The number of amides is 1. The third-order valence-corrected chi connectivity index (χ3v) is 5.01. The van der Waals surface area contributed by atoms with E-state index in [-0.39, 0.29) is 5.25 Å². The molecule has 2 heterocycles. The molecule has 2 aliphatic heterocycles. The molecule has 4 heteroatoms. The summed E-state index contributed by atoms with van der Waals surface area (Å²) in [6.07, 6.45) is 0.885. The number of rotatable bonds is 1. The topological polar surface area (TPSA) is 32.3 Å². The Morgan fingerprint density at radius 2 is 2.28 bits per heavy atom.